The first-order valence-electron chi connectivity index (χ1n) is 6.41. The van der Waals surface area contributed by atoms with Crippen molar-refractivity contribution in [1.82, 2.24) is 10.0 Å². The van der Waals surface area contributed by atoms with Gasteiger partial charge in [-0.25, -0.2) is 13.1 Å². The lowest BCUT2D eigenvalue weighted by molar-refractivity contribution is 0.0834. The third-order valence-corrected chi connectivity index (χ3v) is 4.45. The average Bonchev–Trinajstić information content (AvgIpc) is 2.37. The maximum atomic E-state index is 12.2. The van der Waals surface area contributed by atoms with E-state index in [1.165, 1.54) is 0 Å². The molecule has 20 heavy (non-hydrogen) atoms. The molecule has 7 heteroatoms. The van der Waals surface area contributed by atoms with Crippen LogP contribution in [0.2, 0.25) is 5.02 Å². The molecule has 0 unspecified atom stereocenters. The molecule has 5 nitrogen and oxygen atoms in total. The number of ether oxygens (including phenoxy) is 1. The molecule has 0 atom stereocenters. The van der Waals surface area contributed by atoms with Gasteiger partial charge in [-0.1, -0.05) is 17.7 Å². The van der Waals surface area contributed by atoms with Gasteiger partial charge in [-0.05, 0) is 38.6 Å². The van der Waals surface area contributed by atoms with Crippen LogP contribution in [0.5, 0.6) is 0 Å². The smallest absolute Gasteiger partial charge is 0.242 e. The van der Waals surface area contributed by atoms with Crippen LogP contribution in [-0.4, -0.2) is 34.7 Å². The van der Waals surface area contributed by atoms with Crippen molar-refractivity contribution < 1.29 is 13.2 Å². The van der Waals surface area contributed by atoms with Gasteiger partial charge in [0, 0.05) is 13.1 Å². The van der Waals surface area contributed by atoms with Gasteiger partial charge in [0.1, 0.15) is 4.90 Å². The molecule has 0 aromatic heterocycles. The van der Waals surface area contributed by atoms with Gasteiger partial charge < -0.3 is 10.1 Å². The van der Waals surface area contributed by atoms with Gasteiger partial charge >= 0.3 is 0 Å². The second kappa shape index (κ2) is 7.95. The third-order valence-electron chi connectivity index (χ3n) is 2.51. The van der Waals surface area contributed by atoms with Crippen LogP contribution in [0, 0.1) is 0 Å². The standard InChI is InChI=1S/C13H21ClN2O3S/c1-10(2)19-7-6-16-20(17,18)13-8-11(9-15-3)4-5-12(13)14/h4-5,8,10,15-16H,6-7,9H2,1-3H3. The zero-order chi connectivity index (χ0) is 15.2. The molecule has 114 valence electrons. The minimum atomic E-state index is -3.62. The number of halogens is 1. The highest BCUT2D eigenvalue weighted by Gasteiger charge is 2.18. The predicted molar refractivity (Wildman–Crippen MR) is 80.5 cm³/mol. The van der Waals surface area contributed by atoms with Crippen molar-refractivity contribution in [3.8, 4) is 0 Å². The number of benzene rings is 1. The predicted octanol–water partition coefficient (Wildman–Crippen LogP) is 1.76. The molecule has 0 heterocycles. The van der Waals surface area contributed by atoms with Crippen molar-refractivity contribution in [3.63, 3.8) is 0 Å². The van der Waals surface area contributed by atoms with Crippen molar-refractivity contribution in [3.05, 3.63) is 28.8 Å². The fourth-order valence-corrected chi connectivity index (χ4v) is 3.18. The molecule has 0 aliphatic heterocycles. The number of nitrogens with one attached hydrogen (secondary N) is 2. The van der Waals surface area contributed by atoms with Crippen molar-refractivity contribution in [2.75, 3.05) is 20.2 Å². The summed E-state index contributed by atoms with van der Waals surface area (Å²) in [6.45, 7) is 4.91. The first-order valence-corrected chi connectivity index (χ1v) is 8.27. The van der Waals surface area contributed by atoms with Crippen LogP contribution in [0.4, 0.5) is 0 Å². The second-order valence-corrected chi connectivity index (χ2v) is 6.75. The van der Waals surface area contributed by atoms with Gasteiger partial charge in [0.2, 0.25) is 10.0 Å². The minimum Gasteiger partial charge on any atom is -0.377 e. The van der Waals surface area contributed by atoms with E-state index < -0.39 is 10.0 Å². The molecule has 0 spiro atoms. The Bertz CT molecular complexity index is 532. The van der Waals surface area contributed by atoms with E-state index in [4.69, 9.17) is 16.3 Å². The lowest BCUT2D eigenvalue weighted by Crippen LogP contribution is -2.28. The van der Waals surface area contributed by atoms with E-state index in [1.807, 2.05) is 13.8 Å². The molecular formula is C13H21ClN2O3S. The quantitative estimate of drug-likeness (QED) is 0.716. The molecule has 0 saturated carbocycles. The van der Waals surface area contributed by atoms with Crippen LogP contribution >= 0.6 is 11.6 Å². The first kappa shape index (κ1) is 17.4. The van der Waals surface area contributed by atoms with Crippen LogP contribution < -0.4 is 10.0 Å². The van der Waals surface area contributed by atoms with Crippen LogP contribution in [0.1, 0.15) is 19.4 Å². The number of hydrogen-bond donors (Lipinski definition) is 2. The summed E-state index contributed by atoms with van der Waals surface area (Å²) in [7, 11) is -1.82. The average molecular weight is 321 g/mol. The fourth-order valence-electron chi connectivity index (χ4n) is 1.62. The molecule has 0 amide bonds. The van der Waals surface area contributed by atoms with Gasteiger partial charge in [-0.15, -0.1) is 0 Å². The number of sulfonamides is 1. The van der Waals surface area contributed by atoms with Gasteiger partial charge in [-0.2, -0.15) is 0 Å². The highest BCUT2D eigenvalue weighted by Crippen LogP contribution is 2.22. The van der Waals surface area contributed by atoms with E-state index in [-0.39, 0.29) is 22.6 Å². The van der Waals surface area contributed by atoms with E-state index in [2.05, 4.69) is 10.0 Å². The van der Waals surface area contributed by atoms with E-state index in [0.717, 1.165) is 5.56 Å². The first-order chi connectivity index (χ1) is 9.36. The monoisotopic (exact) mass is 320 g/mol. The lowest BCUT2D eigenvalue weighted by atomic mass is 10.2. The molecule has 1 aromatic carbocycles. The van der Waals surface area contributed by atoms with Crippen molar-refractivity contribution in [2.24, 2.45) is 0 Å². The van der Waals surface area contributed by atoms with E-state index in [1.54, 1.807) is 25.2 Å². The zero-order valence-corrected chi connectivity index (χ0v) is 13.5. The summed E-state index contributed by atoms with van der Waals surface area (Å²) in [6.07, 6.45) is 0.0713. The number of hydrogen-bond acceptors (Lipinski definition) is 4. The highest BCUT2D eigenvalue weighted by atomic mass is 35.5. The maximum absolute atomic E-state index is 12.2. The molecule has 0 aliphatic rings. The van der Waals surface area contributed by atoms with Crippen LogP contribution in [0.25, 0.3) is 0 Å². The van der Waals surface area contributed by atoms with Crippen LogP contribution in [0.3, 0.4) is 0 Å². The van der Waals surface area contributed by atoms with Crippen LogP contribution in [-0.2, 0) is 21.3 Å². The SMILES string of the molecule is CNCc1ccc(Cl)c(S(=O)(=O)NCCOC(C)C)c1. The van der Waals surface area contributed by atoms with E-state index in [9.17, 15) is 8.42 Å². The van der Waals surface area contributed by atoms with Crippen molar-refractivity contribution >= 4 is 21.6 Å². The van der Waals surface area contributed by atoms with Gasteiger partial charge in [0.15, 0.2) is 0 Å². The Labute approximate surface area is 125 Å². The fraction of sp³-hybridized carbons (Fsp3) is 0.538. The Morgan fingerprint density at radius 3 is 2.65 bits per heavy atom. The molecule has 0 bridgehead atoms. The van der Waals surface area contributed by atoms with Crippen LogP contribution in [0.15, 0.2) is 23.1 Å². The Morgan fingerprint density at radius 1 is 1.35 bits per heavy atom. The topological polar surface area (TPSA) is 67.4 Å². The summed E-state index contributed by atoms with van der Waals surface area (Å²) in [5.74, 6) is 0. The molecular weight excluding hydrogens is 300 g/mol. The largest absolute Gasteiger partial charge is 0.377 e. The lowest BCUT2D eigenvalue weighted by Gasteiger charge is -2.11. The van der Waals surface area contributed by atoms with Crippen molar-refractivity contribution in [1.29, 1.82) is 0 Å². The summed E-state index contributed by atoms with van der Waals surface area (Å²) in [4.78, 5) is 0.0939. The summed E-state index contributed by atoms with van der Waals surface area (Å²) >= 11 is 5.97. The Hall–Kier alpha value is -0.660. The van der Waals surface area contributed by atoms with Gasteiger partial charge in [0.05, 0.1) is 17.7 Å². The molecule has 1 rings (SSSR count). The summed E-state index contributed by atoms with van der Waals surface area (Å²) in [5.41, 5.74) is 0.857. The summed E-state index contributed by atoms with van der Waals surface area (Å²) in [5, 5.41) is 3.18. The molecule has 0 radical (unpaired) electrons. The summed E-state index contributed by atoms with van der Waals surface area (Å²) in [6, 6.07) is 4.96. The van der Waals surface area contributed by atoms with E-state index >= 15 is 0 Å². The molecule has 0 fully saturated rings. The third kappa shape index (κ3) is 5.38. The number of rotatable bonds is 8. The Kier molecular flexibility index (Phi) is 6.91. The Balaban J connectivity index is 2.78. The maximum Gasteiger partial charge on any atom is 0.242 e. The molecule has 0 aliphatic carbocycles. The second-order valence-electron chi connectivity index (χ2n) is 4.61. The molecule has 2 N–H and O–H groups in total. The summed E-state index contributed by atoms with van der Waals surface area (Å²) < 4.78 is 32.1. The van der Waals surface area contributed by atoms with Crippen molar-refractivity contribution in [2.45, 2.75) is 31.4 Å². The van der Waals surface area contributed by atoms with Gasteiger partial charge in [0.25, 0.3) is 0 Å². The zero-order valence-electron chi connectivity index (χ0n) is 11.9. The van der Waals surface area contributed by atoms with E-state index in [0.29, 0.717) is 13.2 Å². The molecule has 0 saturated heterocycles. The molecule has 1 aromatic rings. The Morgan fingerprint density at radius 2 is 2.05 bits per heavy atom. The highest BCUT2D eigenvalue weighted by molar-refractivity contribution is 7.89. The normalized spacial score (nSPS) is 12.1. The van der Waals surface area contributed by atoms with Gasteiger partial charge in [-0.3, -0.25) is 0 Å². The minimum absolute atomic E-state index is 0.0713.